The number of benzene rings is 2. The molecule has 21 heteroatoms. The summed E-state index contributed by atoms with van der Waals surface area (Å²) in [6.07, 6.45) is 4.64. The minimum Gasteiger partial charge on any atom is -0.464 e. The number of ether oxygens (including phenoxy) is 5. The normalized spacial score (nSPS) is 16.2. The fourth-order valence-corrected chi connectivity index (χ4v) is 8.17. The summed E-state index contributed by atoms with van der Waals surface area (Å²) in [5.74, 6) is -4.72. The van der Waals surface area contributed by atoms with Crippen LogP contribution in [0.2, 0.25) is 0 Å². The van der Waals surface area contributed by atoms with Crippen molar-refractivity contribution in [3.8, 4) is 5.95 Å². The van der Waals surface area contributed by atoms with Gasteiger partial charge in [0.1, 0.15) is 18.3 Å². The standard InChI is InChI=1S/C28H37N3O8.C26H33N3O7/c1-5-38-24-15-21(31-39-24)27(35)30-22(17-37-4)23(32)14-19(16-36-3)26(34)29-20(25(33)28(2)11-12-28)13-18-9-7-6-8-10-18;1-26(10-11-26)23(31)20(13-17-7-5-4-6-8-17)27-24(32)18(15-34-2)14-22(30)21(16-35-3)28-25(33)19-9-12-36-29-19/h6-10,15,19-20,22H,5,11-14,16-17H2,1-4H3,(H,29,34)(H,30,35);4-9,12,18,20-21H,10-11,13-16H2,1-3H3,(H,27,32)(H,28,33)/t19-,20-,22-;18-,20-,21-/m00/s1. The Morgan fingerprint density at radius 2 is 0.987 bits per heavy atom. The number of nitrogens with one attached hydrogen (secondary N) is 4. The lowest BCUT2D eigenvalue weighted by Crippen LogP contribution is -2.50. The van der Waals surface area contributed by atoms with E-state index in [9.17, 15) is 38.4 Å². The average Bonchev–Trinajstić information content (AvgIpc) is 4.17. The molecule has 4 aromatic rings. The fourth-order valence-electron chi connectivity index (χ4n) is 8.17. The molecule has 2 aromatic carbocycles. The summed E-state index contributed by atoms with van der Waals surface area (Å²) >= 11 is 0. The zero-order valence-electron chi connectivity index (χ0n) is 43.7. The maximum atomic E-state index is 13.4. The lowest BCUT2D eigenvalue weighted by atomic mass is 9.91. The van der Waals surface area contributed by atoms with Gasteiger partial charge in [0.25, 0.3) is 11.8 Å². The van der Waals surface area contributed by atoms with Gasteiger partial charge in [0.05, 0.1) is 63.0 Å². The number of hydrogen-bond acceptors (Lipinski definition) is 17. The summed E-state index contributed by atoms with van der Waals surface area (Å²) in [6, 6.07) is 18.1. The Morgan fingerprint density at radius 1 is 0.560 bits per heavy atom. The topological polar surface area (TPSA) is 283 Å². The fraction of sp³-hybridized carbons (Fsp3) is 0.519. The molecule has 4 N–H and O–H groups in total. The molecule has 0 spiro atoms. The summed E-state index contributed by atoms with van der Waals surface area (Å²) in [5.41, 5.74) is 0.920. The van der Waals surface area contributed by atoms with E-state index in [2.05, 4.69) is 36.1 Å². The van der Waals surface area contributed by atoms with E-state index in [1.165, 1.54) is 46.8 Å². The molecular formula is C54H70N6O15. The van der Waals surface area contributed by atoms with Crippen LogP contribution in [-0.2, 0) is 60.6 Å². The first kappa shape index (κ1) is 58.9. The van der Waals surface area contributed by atoms with Crippen molar-refractivity contribution in [2.24, 2.45) is 22.7 Å². The van der Waals surface area contributed by atoms with Gasteiger partial charge in [-0.15, -0.1) is 0 Å². The first-order chi connectivity index (χ1) is 36.0. The molecule has 2 saturated carbocycles. The molecule has 2 aliphatic carbocycles. The largest absolute Gasteiger partial charge is 0.464 e. The van der Waals surface area contributed by atoms with Crippen molar-refractivity contribution in [1.29, 1.82) is 0 Å². The van der Waals surface area contributed by atoms with Gasteiger partial charge in [0.2, 0.25) is 11.8 Å². The third-order valence-electron chi connectivity index (χ3n) is 13.1. The van der Waals surface area contributed by atoms with Crippen molar-refractivity contribution in [3.05, 3.63) is 102 Å². The second kappa shape index (κ2) is 28.7. The third-order valence-corrected chi connectivity index (χ3v) is 13.1. The van der Waals surface area contributed by atoms with Gasteiger partial charge in [-0.25, -0.2) is 0 Å². The summed E-state index contributed by atoms with van der Waals surface area (Å²) in [4.78, 5) is 104. The zero-order valence-corrected chi connectivity index (χ0v) is 43.7. The number of carbonyl (C=O) groups excluding carboxylic acids is 8. The number of nitrogens with zero attached hydrogens (tertiary/aromatic N) is 2. The van der Waals surface area contributed by atoms with Crippen LogP contribution in [0.1, 0.15) is 91.4 Å². The molecular weight excluding hydrogens is 973 g/mol. The van der Waals surface area contributed by atoms with Crippen LogP contribution in [0.25, 0.3) is 0 Å². The van der Waals surface area contributed by atoms with Crippen LogP contribution in [0.5, 0.6) is 5.95 Å². The molecule has 2 aromatic heterocycles. The maximum Gasteiger partial charge on any atom is 0.311 e. The van der Waals surface area contributed by atoms with Crippen LogP contribution < -0.4 is 26.0 Å². The number of rotatable bonds is 32. The van der Waals surface area contributed by atoms with Crippen molar-refractivity contribution in [2.45, 2.75) is 96.3 Å². The van der Waals surface area contributed by atoms with E-state index in [0.717, 1.165) is 36.8 Å². The number of aromatic nitrogens is 2. The third kappa shape index (κ3) is 17.9. The highest BCUT2D eigenvalue weighted by molar-refractivity contribution is 6.00. The van der Waals surface area contributed by atoms with Gasteiger partial charge in [0, 0.05) is 58.2 Å². The number of amides is 4. The van der Waals surface area contributed by atoms with Crippen LogP contribution >= 0.6 is 0 Å². The highest BCUT2D eigenvalue weighted by Gasteiger charge is 2.49. The molecule has 21 nitrogen and oxygen atoms in total. The predicted octanol–water partition coefficient (Wildman–Crippen LogP) is 3.87. The molecule has 2 fully saturated rings. The lowest BCUT2D eigenvalue weighted by Gasteiger charge is -2.25. The molecule has 0 saturated heterocycles. The van der Waals surface area contributed by atoms with Crippen LogP contribution in [0, 0.1) is 22.7 Å². The van der Waals surface area contributed by atoms with Crippen molar-refractivity contribution in [1.82, 2.24) is 31.6 Å². The minimum absolute atomic E-state index is 0.0145. The van der Waals surface area contributed by atoms with E-state index in [-0.39, 0.29) is 68.2 Å². The molecule has 0 radical (unpaired) electrons. The van der Waals surface area contributed by atoms with Gasteiger partial charge in [-0.1, -0.05) is 84.8 Å². The van der Waals surface area contributed by atoms with E-state index >= 15 is 0 Å². The van der Waals surface area contributed by atoms with E-state index in [0.29, 0.717) is 19.4 Å². The van der Waals surface area contributed by atoms with Crippen molar-refractivity contribution in [3.63, 3.8) is 0 Å². The first-order valence-electron chi connectivity index (χ1n) is 24.9. The van der Waals surface area contributed by atoms with Gasteiger partial charge in [-0.3, -0.25) is 38.4 Å². The Kier molecular flexibility index (Phi) is 22.5. The second-order valence-corrected chi connectivity index (χ2v) is 19.3. The Labute approximate surface area is 436 Å². The minimum atomic E-state index is -1.05. The molecule has 0 unspecified atom stereocenters. The van der Waals surface area contributed by atoms with Gasteiger partial charge >= 0.3 is 5.95 Å². The Balaban J connectivity index is 0.000000278. The number of Topliss-reactive ketones (excluding diaryl/α,β-unsaturated/α-hetero) is 4. The molecule has 4 amide bonds. The average molecular weight is 1040 g/mol. The predicted molar refractivity (Wildman–Crippen MR) is 269 cm³/mol. The lowest BCUT2D eigenvalue weighted by molar-refractivity contribution is -0.135. The van der Waals surface area contributed by atoms with E-state index in [1.54, 1.807) is 6.92 Å². The molecule has 75 heavy (non-hydrogen) atoms. The van der Waals surface area contributed by atoms with Crippen LogP contribution in [-0.4, -0.2) is 143 Å². The molecule has 6 atom stereocenters. The van der Waals surface area contributed by atoms with Gasteiger partial charge < -0.3 is 54.0 Å². The summed E-state index contributed by atoms with van der Waals surface area (Å²) in [6.45, 7) is 5.62. The Morgan fingerprint density at radius 3 is 1.36 bits per heavy atom. The Bertz CT molecular complexity index is 2510. The summed E-state index contributed by atoms with van der Waals surface area (Å²) in [5, 5.41) is 18.1. The monoisotopic (exact) mass is 1040 g/mol. The molecule has 0 bridgehead atoms. The van der Waals surface area contributed by atoms with Crippen molar-refractivity contribution in [2.75, 3.05) is 61.5 Å². The van der Waals surface area contributed by atoms with Crippen LogP contribution in [0.15, 0.2) is 88.1 Å². The quantitative estimate of drug-likeness (QED) is 0.0540. The number of ketones is 4. The second-order valence-electron chi connectivity index (χ2n) is 19.3. The highest BCUT2D eigenvalue weighted by atomic mass is 16.6. The number of methoxy groups -OCH3 is 4. The molecule has 2 heterocycles. The summed E-state index contributed by atoms with van der Waals surface area (Å²) in [7, 11) is 5.66. The van der Waals surface area contributed by atoms with Crippen molar-refractivity contribution < 1.29 is 71.1 Å². The highest BCUT2D eigenvalue weighted by Crippen LogP contribution is 2.47. The number of carbonyl (C=O) groups is 8. The van der Waals surface area contributed by atoms with E-state index in [1.807, 2.05) is 74.5 Å². The molecule has 6 rings (SSSR count). The van der Waals surface area contributed by atoms with Crippen LogP contribution in [0.3, 0.4) is 0 Å². The zero-order chi connectivity index (χ0) is 54.5. The van der Waals surface area contributed by atoms with Gasteiger partial charge in [-0.2, -0.15) is 0 Å². The van der Waals surface area contributed by atoms with Gasteiger partial charge in [-0.05, 0) is 56.6 Å². The summed E-state index contributed by atoms with van der Waals surface area (Å²) < 4.78 is 35.4. The van der Waals surface area contributed by atoms with Crippen LogP contribution in [0.4, 0.5) is 0 Å². The van der Waals surface area contributed by atoms with Gasteiger partial charge in [0.15, 0.2) is 34.5 Å². The molecule has 406 valence electrons. The Hall–Kier alpha value is -6.94. The molecule has 0 aliphatic heterocycles. The SMILES string of the molecule is CCOc1cc(C(=O)N[C@@H](COC)C(=O)C[C@@H](COC)C(=O)N[C@@H](Cc2ccccc2)C(=O)C2(C)CC2)no1.COC[C@H](CC(=O)[C@H](COC)NC(=O)c1ccon1)C(=O)N[C@@H](Cc1ccccc1)C(=O)C1(C)CC1. The first-order valence-corrected chi connectivity index (χ1v) is 24.9. The maximum absolute atomic E-state index is 13.4. The van der Waals surface area contributed by atoms with Crippen molar-refractivity contribution >= 4 is 46.8 Å². The van der Waals surface area contributed by atoms with E-state index in [4.69, 9.17) is 28.2 Å². The smallest absolute Gasteiger partial charge is 0.311 e. The molecule has 2 aliphatic rings. The number of hydrogen-bond donors (Lipinski definition) is 4. The van der Waals surface area contributed by atoms with E-state index < -0.39 is 82.0 Å².